The summed E-state index contributed by atoms with van der Waals surface area (Å²) >= 11 is 0. The van der Waals surface area contributed by atoms with Crippen LogP contribution in [0.15, 0.2) is 0 Å². The lowest BCUT2D eigenvalue weighted by molar-refractivity contribution is -0.142. The molecule has 16 heavy (non-hydrogen) atoms. The average molecular weight is 230 g/mol. The molecule has 5 heteroatoms. The van der Waals surface area contributed by atoms with Crippen LogP contribution in [0.5, 0.6) is 0 Å². The zero-order valence-electron chi connectivity index (χ0n) is 11.0. The summed E-state index contributed by atoms with van der Waals surface area (Å²) < 4.78 is 5.05. The quantitative estimate of drug-likeness (QED) is 0.700. The Hall–Kier alpha value is -1.10. The van der Waals surface area contributed by atoms with Crippen LogP contribution in [0.2, 0.25) is 0 Å². The van der Waals surface area contributed by atoms with E-state index in [0.29, 0.717) is 0 Å². The van der Waals surface area contributed by atoms with Gasteiger partial charge in [-0.1, -0.05) is 0 Å². The molecule has 0 saturated carbocycles. The summed E-state index contributed by atoms with van der Waals surface area (Å²) in [6.45, 7) is 5.70. The number of ether oxygens (including phenoxy) is 1. The van der Waals surface area contributed by atoms with Gasteiger partial charge in [0.2, 0.25) is 11.8 Å². The molecule has 0 radical (unpaired) electrons. The molecule has 0 fully saturated rings. The number of carbonyl (C=O) groups excluding carboxylic acids is 2. The van der Waals surface area contributed by atoms with Gasteiger partial charge < -0.3 is 14.5 Å². The number of hydrogen-bond acceptors (Lipinski definition) is 3. The van der Waals surface area contributed by atoms with Crippen LogP contribution < -0.4 is 0 Å². The maximum atomic E-state index is 11.6. The van der Waals surface area contributed by atoms with Crippen molar-refractivity contribution in [3.8, 4) is 0 Å². The fourth-order valence-electron chi connectivity index (χ4n) is 0.826. The number of amides is 2. The molecule has 0 bridgehead atoms. The van der Waals surface area contributed by atoms with Crippen LogP contribution in [0, 0.1) is 0 Å². The minimum absolute atomic E-state index is 0.0588. The van der Waals surface area contributed by atoms with Gasteiger partial charge in [0, 0.05) is 26.7 Å². The number of hydrogen-bond donors (Lipinski definition) is 0. The van der Waals surface area contributed by atoms with Crippen LogP contribution in [-0.2, 0) is 14.3 Å². The van der Waals surface area contributed by atoms with Gasteiger partial charge in [-0.3, -0.25) is 9.59 Å². The predicted molar refractivity (Wildman–Crippen MR) is 62.0 cm³/mol. The first-order valence-corrected chi connectivity index (χ1v) is 5.21. The molecule has 0 aliphatic carbocycles. The van der Waals surface area contributed by atoms with E-state index in [1.165, 1.54) is 4.90 Å². The SMILES string of the molecule is CN(C)C(=O)COCC(=O)N(C)C(C)(C)C. The van der Waals surface area contributed by atoms with E-state index in [2.05, 4.69) is 0 Å². The highest BCUT2D eigenvalue weighted by molar-refractivity contribution is 5.79. The highest BCUT2D eigenvalue weighted by atomic mass is 16.5. The molecule has 0 heterocycles. The van der Waals surface area contributed by atoms with Crippen molar-refractivity contribution < 1.29 is 14.3 Å². The Bertz CT molecular complexity index is 256. The summed E-state index contributed by atoms with van der Waals surface area (Å²) in [6.07, 6.45) is 0. The van der Waals surface area contributed by atoms with Crippen molar-refractivity contribution in [1.82, 2.24) is 9.80 Å². The fraction of sp³-hybridized carbons (Fsp3) is 0.818. The van der Waals surface area contributed by atoms with E-state index in [0.717, 1.165) is 0 Å². The van der Waals surface area contributed by atoms with Crippen molar-refractivity contribution in [3.05, 3.63) is 0 Å². The van der Waals surface area contributed by atoms with Gasteiger partial charge in [0.05, 0.1) is 0 Å². The first-order chi connectivity index (χ1) is 7.16. The Balaban J connectivity index is 3.96. The number of likely N-dealkylation sites (N-methyl/N-ethyl adjacent to an activating group) is 2. The smallest absolute Gasteiger partial charge is 0.248 e. The second kappa shape index (κ2) is 5.84. The van der Waals surface area contributed by atoms with Crippen molar-refractivity contribution in [2.24, 2.45) is 0 Å². The zero-order valence-corrected chi connectivity index (χ0v) is 11.0. The molecule has 94 valence electrons. The van der Waals surface area contributed by atoms with Crippen molar-refractivity contribution in [1.29, 1.82) is 0 Å². The van der Waals surface area contributed by atoms with Crippen LogP contribution in [0.4, 0.5) is 0 Å². The summed E-state index contributed by atoms with van der Waals surface area (Å²) in [5.41, 5.74) is -0.230. The first kappa shape index (κ1) is 14.9. The normalized spacial score (nSPS) is 11.1. The molecule has 0 aromatic heterocycles. The van der Waals surface area contributed by atoms with E-state index in [1.807, 2.05) is 20.8 Å². The van der Waals surface area contributed by atoms with Crippen molar-refractivity contribution in [3.63, 3.8) is 0 Å². The molecule has 5 nitrogen and oxygen atoms in total. The van der Waals surface area contributed by atoms with Crippen LogP contribution in [0.1, 0.15) is 20.8 Å². The standard InChI is InChI=1S/C11H22N2O3/c1-11(2,3)13(6)10(15)8-16-7-9(14)12(4)5/h7-8H2,1-6H3. The summed E-state index contributed by atoms with van der Waals surface area (Å²) in [5, 5.41) is 0. The number of rotatable bonds is 4. The molecule has 0 aliphatic heterocycles. The minimum atomic E-state index is -0.230. The lowest BCUT2D eigenvalue weighted by Crippen LogP contribution is -2.44. The maximum absolute atomic E-state index is 11.6. The van der Waals surface area contributed by atoms with Gasteiger partial charge in [-0.05, 0) is 20.8 Å². The molecule has 2 amide bonds. The van der Waals surface area contributed by atoms with Gasteiger partial charge in [0.1, 0.15) is 13.2 Å². The Labute approximate surface area is 97.3 Å². The Morgan fingerprint density at radius 3 is 1.81 bits per heavy atom. The molecule has 0 atom stereocenters. The summed E-state index contributed by atoms with van der Waals surface area (Å²) in [6, 6.07) is 0. The lowest BCUT2D eigenvalue weighted by Gasteiger charge is -2.31. The summed E-state index contributed by atoms with van der Waals surface area (Å²) in [7, 11) is 5.02. The highest BCUT2D eigenvalue weighted by Gasteiger charge is 2.22. The highest BCUT2D eigenvalue weighted by Crippen LogP contribution is 2.10. The van der Waals surface area contributed by atoms with E-state index in [4.69, 9.17) is 4.74 Å². The third-order valence-electron chi connectivity index (χ3n) is 2.33. The molecular formula is C11H22N2O3. The monoisotopic (exact) mass is 230 g/mol. The third kappa shape index (κ3) is 5.11. The Kier molecular flexibility index (Phi) is 5.44. The molecule has 0 aliphatic rings. The summed E-state index contributed by atoms with van der Waals surface area (Å²) in [5.74, 6) is -0.273. The number of carbonyl (C=O) groups is 2. The second-order valence-corrected chi connectivity index (χ2v) is 4.90. The van der Waals surface area contributed by atoms with Gasteiger partial charge in [0.15, 0.2) is 0 Å². The largest absolute Gasteiger partial charge is 0.362 e. The third-order valence-corrected chi connectivity index (χ3v) is 2.33. The Morgan fingerprint density at radius 2 is 1.44 bits per heavy atom. The molecule has 0 aromatic rings. The average Bonchev–Trinajstić information content (AvgIpc) is 2.14. The second-order valence-electron chi connectivity index (χ2n) is 4.90. The van der Waals surface area contributed by atoms with Crippen LogP contribution in [0.25, 0.3) is 0 Å². The fourth-order valence-corrected chi connectivity index (χ4v) is 0.826. The van der Waals surface area contributed by atoms with Gasteiger partial charge in [-0.15, -0.1) is 0 Å². The summed E-state index contributed by atoms with van der Waals surface area (Å²) in [4.78, 5) is 25.8. The van der Waals surface area contributed by atoms with Crippen molar-refractivity contribution in [2.45, 2.75) is 26.3 Å². The van der Waals surface area contributed by atoms with E-state index < -0.39 is 0 Å². The molecule has 0 spiro atoms. The molecule has 0 unspecified atom stereocenters. The van der Waals surface area contributed by atoms with E-state index in [1.54, 1.807) is 26.0 Å². The Morgan fingerprint density at radius 1 is 1.00 bits per heavy atom. The van der Waals surface area contributed by atoms with E-state index in [9.17, 15) is 9.59 Å². The zero-order chi connectivity index (χ0) is 12.9. The first-order valence-electron chi connectivity index (χ1n) is 5.21. The van der Waals surface area contributed by atoms with Crippen LogP contribution in [0.3, 0.4) is 0 Å². The maximum Gasteiger partial charge on any atom is 0.248 e. The van der Waals surface area contributed by atoms with Gasteiger partial charge in [-0.2, -0.15) is 0 Å². The van der Waals surface area contributed by atoms with Crippen LogP contribution in [-0.4, -0.2) is 61.5 Å². The van der Waals surface area contributed by atoms with Gasteiger partial charge in [-0.25, -0.2) is 0 Å². The molecule has 0 rings (SSSR count). The van der Waals surface area contributed by atoms with E-state index >= 15 is 0 Å². The number of nitrogens with zero attached hydrogens (tertiary/aromatic N) is 2. The van der Waals surface area contributed by atoms with E-state index in [-0.39, 0.29) is 30.6 Å². The van der Waals surface area contributed by atoms with Crippen molar-refractivity contribution in [2.75, 3.05) is 34.4 Å². The topological polar surface area (TPSA) is 49.9 Å². The molecular weight excluding hydrogens is 208 g/mol. The minimum Gasteiger partial charge on any atom is -0.362 e. The van der Waals surface area contributed by atoms with Crippen molar-refractivity contribution >= 4 is 11.8 Å². The van der Waals surface area contributed by atoms with Gasteiger partial charge in [0.25, 0.3) is 0 Å². The predicted octanol–water partition coefficient (Wildman–Crippen LogP) is 0.348. The lowest BCUT2D eigenvalue weighted by atomic mass is 10.1. The van der Waals surface area contributed by atoms with Gasteiger partial charge >= 0.3 is 0 Å². The van der Waals surface area contributed by atoms with Crippen LogP contribution >= 0.6 is 0 Å². The molecule has 0 saturated heterocycles. The molecule has 0 aromatic carbocycles. The molecule has 0 N–H and O–H groups in total.